The fourth-order valence-corrected chi connectivity index (χ4v) is 1.31. The minimum absolute atomic E-state index is 0.0594. The summed E-state index contributed by atoms with van der Waals surface area (Å²) in [4.78, 5) is 23.2. The van der Waals surface area contributed by atoms with Gasteiger partial charge in [-0.2, -0.15) is 0 Å². The molecule has 0 aromatic heterocycles. The summed E-state index contributed by atoms with van der Waals surface area (Å²) < 4.78 is 4.84. The minimum atomic E-state index is -0.102. The lowest BCUT2D eigenvalue weighted by molar-refractivity contribution is -0.128. The Kier molecular flexibility index (Phi) is 3.22. The summed E-state index contributed by atoms with van der Waals surface area (Å²) >= 11 is 0. The van der Waals surface area contributed by atoms with Gasteiger partial charge in [0.05, 0.1) is 6.61 Å². The minimum Gasteiger partial charge on any atom is -0.383 e. The molecule has 0 spiro atoms. The average Bonchev–Trinajstić information content (AvgIpc) is 2.43. The summed E-state index contributed by atoms with van der Waals surface area (Å²) in [5, 5.41) is 0. The molecule has 1 aliphatic rings. The molecule has 0 radical (unpaired) electrons. The highest BCUT2D eigenvalue weighted by molar-refractivity contribution is 5.82. The van der Waals surface area contributed by atoms with E-state index in [2.05, 4.69) is 0 Å². The normalized spacial score (nSPS) is 23.2. The van der Waals surface area contributed by atoms with E-state index in [4.69, 9.17) is 4.74 Å². The van der Waals surface area contributed by atoms with E-state index in [0.717, 1.165) is 6.29 Å². The van der Waals surface area contributed by atoms with Gasteiger partial charge in [-0.15, -0.1) is 0 Å². The number of ether oxygens (including phenoxy) is 1. The van der Waals surface area contributed by atoms with Gasteiger partial charge in [0.15, 0.2) is 0 Å². The Morgan fingerprint density at radius 3 is 3.00 bits per heavy atom. The van der Waals surface area contributed by atoms with Gasteiger partial charge >= 0.3 is 0 Å². The molecule has 0 aromatic carbocycles. The fourth-order valence-electron chi connectivity index (χ4n) is 1.31. The Hall–Kier alpha value is -0.900. The summed E-state index contributed by atoms with van der Waals surface area (Å²) in [5.74, 6) is -0.0430. The third kappa shape index (κ3) is 2.04. The predicted molar refractivity (Wildman–Crippen MR) is 42.6 cm³/mol. The molecule has 0 aromatic rings. The van der Waals surface area contributed by atoms with Crippen LogP contribution in [-0.2, 0) is 14.3 Å². The topological polar surface area (TPSA) is 46.6 Å². The first kappa shape index (κ1) is 9.19. The van der Waals surface area contributed by atoms with E-state index >= 15 is 0 Å². The molecule has 1 rings (SSSR count). The Morgan fingerprint density at radius 2 is 2.50 bits per heavy atom. The van der Waals surface area contributed by atoms with E-state index in [1.165, 1.54) is 0 Å². The first-order valence-electron chi connectivity index (χ1n) is 4.00. The molecule has 1 amide bonds. The number of aldehydes is 1. The number of carbonyl (C=O) groups is 2. The van der Waals surface area contributed by atoms with Crippen LogP contribution in [0.1, 0.15) is 6.42 Å². The number of likely N-dealkylation sites (tertiary alicyclic amines) is 1. The van der Waals surface area contributed by atoms with E-state index in [-0.39, 0.29) is 11.8 Å². The molecule has 0 aliphatic carbocycles. The van der Waals surface area contributed by atoms with Crippen LogP contribution >= 0.6 is 0 Å². The quantitative estimate of drug-likeness (QED) is 0.545. The van der Waals surface area contributed by atoms with Crippen LogP contribution in [0.5, 0.6) is 0 Å². The molecule has 1 fully saturated rings. The Morgan fingerprint density at radius 1 is 1.75 bits per heavy atom. The van der Waals surface area contributed by atoms with Gasteiger partial charge in [-0.05, 0) is 0 Å². The average molecular weight is 171 g/mol. The smallest absolute Gasteiger partial charge is 0.223 e. The van der Waals surface area contributed by atoms with Crippen molar-refractivity contribution in [2.75, 3.05) is 26.8 Å². The standard InChI is InChI=1S/C8H13NO3/c1-12-3-2-9-5-7(6-10)4-8(9)11/h6-7H,2-5H2,1H3. The van der Waals surface area contributed by atoms with Gasteiger partial charge < -0.3 is 14.4 Å². The highest BCUT2D eigenvalue weighted by atomic mass is 16.5. The maximum atomic E-state index is 11.2. The molecular weight excluding hydrogens is 158 g/mol. The zero-order valence-corrected chi connectivity index (χ0v) is 7.16. The second kappa shape index (κ2) is 4.21. The highest BCUT2D eigenvalue weighted by Gasteiger charge is 2.28. The van der Waals surface area contributed by atoms with Crippen molar-refractivity contribution in [2.24, 2.45) is 5.92 Å². The summed E-state index contributed by atoms with van der Waals surface area (Å²) in [6.07, 6.45) is 1.22. The summed E-state index contributed by atoms with van der Waals surface area (Å²) in [7, 11) is 1.59. The molecule has 68 valence electrons. The second-order valence-electron chi connectivity index (χ2n) is 2.93. The van der Waals surface area contributed by atoms with Crippen LogP contribution in [0, 0.1) is 5.92 Å². The lowest BCUT2D eigenvalue weighted by atomic mass is 10.1. The van der Waals surface area contributed by atoms with Crippen molar-refractivity contribution in [3.63, 3.8) is 0 Å². The lowest BCUT2D eigenvalue weighted by Crippen LogP contribution is -2.28. The van der Waals surface area contributed by atoms with Gasteiger partial charge in [0.25, 0.3) is 0 Å². The molecule has 1 unspecified atom stereocenters. The van der Waals surface area contributed by atoms with Crippen LogP contribution in [0.15, 0.2) is 0 Å². The van der Waals surface area contributed by atoms with Gasteiger partial charge in [-0.3, -0.25) is 4.79 Å². The second-order valence-corrected chi connectivity index (χ2v) is 2.93. The molecule has 12 heavy (non-hydrogen) atoms. The molecule has 4 nitrogen and oxygen atoms in total. The lowest BCUT2D eigenvalue weighted by Gasteiger charge is -2.14. The third-order valence-corrected chi connectivity index (χ3v) is 2.00. The molecule has 1 aliphatic heterocycles. The Balaban J connectivity index is 2.35. The zero-order valence-electron chi connectivity index (χ0n) is 7.16. The van der Waals surface area contributed by atoms with Gasteiger partial charge in [0.1, 0.15) is 6.29 Å². The van der Waals surface area contributed by atoms with Crippen LogP contribution in [-0.4, -0.2) is 43.9 Å². The molecule has 1 saturated heterocycles. The van der Waals surface area contributed by atoms with Crippen molar-refractivity contribution in [1.82, 2.24) is 4.90 Å². The van der Waals surface area contributed by atoms with Crippen molar-refractivity contribution < 1.29 is 14.3 Å². The Labute approximate surface area is 71.5 Å². The molecule has 0 N–H and O–H groups in total. The molecule has 1 heterocycles. The van der Waals surface area contributed by atoms with Gasteiger partial charge in [0, 0.05) is 32.5 Å². The number of nitrogens with zero attached hydrogens (tertiary/aromatic N) is 1. The summed E-state index contributed by atoms with van der Waals surface area (Å²) in [6, 6.07) is 0. The molecule has 0 saturated carbocycles. The van der Waals surface area contributed by atoms with E-state index < -0.39 is 0 Å². The number of amides is 1. The number of methoxy groups -OCH3 is 1. The van der Waals surface area contributed by atoms with Crippen molar-refractivity contribution in [3.8, 4) is 0 Å². The molecule has 4 heteroatoms. The van der Waals surface area contributed by atoms with Crippen LogP contribution in [0.3, 0.4) is 0 Å². The first-order valence-corrected chi connectivity index (χ1v) is 4.00. The van der Waals surface area contributed by atoms with Crippen molar-refractivity contribution in [2.45, 2.75) is 6.42 Å². The van der Waals surface area contributed by atoms with Crippen molar-refractivity contribution >= 4 is 12.2 Å². The van der Waals surface area contributed by atoms with Gasteiger partial charge in [0.2, 0.25) is 5.91 Å². The largest absolute Gasteiger partial charge is 0.383 e. The maximum absolute atomic E-state index is 11.2. The SMILES string of the molecule is COCCN1CC(C=O)CC1=O. The summed E-state index contributed by atoms with van der Waals surface area (Å²) in [6.45, 7) is 1.70. The van der Waals surface area contributed by atoms with Crippen LogP contribution in [0.25, 0.3) is 0 Å². The number of carbonyl (C=O) groups excluding carboxylic acids is 2. The Bertz CT molecular complexity index is 181. The third-order valence-electron chi connectivity index (χ3n) is 2.00. The zero-order chi connectivity index (χ0) is 8.97. The maximum Gasteiger partial charge on any atom is 0.223 e. The molecule has 0 bridgehead atoms. The van der Waals surface area contributed by atoms with Crippen molar-refractivity contribution in [3.05, 3.63) is 0 Å². The fraction of sp³-hybridized carbons (Fsp3) is 0.750. The highest BCUT2D eigenvalue weighted by Crippen LogP contribution is 2.14. The molecule has 1 atom stereocenters. The van der Waals surface area contributed by atoms with Gasteiger partial charge in [-0.1, -0.05) is 0 Å². The number of hydrogen-bond donors (Lipinski definition) is 0. The van der Waals surface area contributed by atoms with Crippen LogP contribution in [0.2, 0.25) is 0 Å². The number of hydrogen-bond acceptors (Lipinski definition) is 3. The van der Waals surface area contributed by atoms with E-state index in [1.54, 1.807) is 12.0 Å². The van der Waals surface area contributed by atoms with Gasteiger partial charge in [-0.25, -0.2) is 0 Å². The first-order chi connectivity index (χ1) is 5.77. The monoisotopic (exact) mass is 171 g/mol. The van der Waals surface area contributed by atoms with Crippen molar-refractivity contribution in [1.29, 1.82) is 0 Å². The molecular formula is C8H13NO3. The van der Waals surface area contributed by atoms with Crippen LogP contribution < -0.4 is 0 Å². The van der Waals surface area contributed by atoms with E-state index in [0.29, 0.717) is 26.1 Å². The van der Waals surface area contributed by atoms with Crippen LogP contribution in [0.4, 0.5) is 0 Å². The van der Waals surface area contributed by atoms with E-state index in [1.807, 2.05) is 0 Å². The van der Waals surface area contributed by atoms with E-state index in [9.17, 15) is 9.59 Å². The number of rotatable bonds is 4. The summed E-state index contributed by atoms with van der Waals surface area (Å²) in [5.41, 5.74) is 0. The predicted octanol–water partition coefficient (Wildman–Crippen LogP) is -0.320.